The molecule has 1 amide bonds. The van der Waals surface area contributed by atoms with Crippen molar-refractivity contribution in [1.29, 1.82) is 0 Å². The van der Waals surface area contributed by atoms with Crippen LogP contribution in [0.1, 0.15) is 5.56 Å². The number of nitrogens with one attached hydrogen (secondary N) is 1. The molecule has 0 aliphatic carbocycles. The van der Waals surface area contributed by atoms with Crippen LogP contribution in [0, 0.1) is 17.5 Å². The van der Waals surface area contributed by atoms with Crippen molar-refractivity contribution in [2.45, 2.75) is 0 Å². The Kier molecular flexibility index (Phi) is 5.01. The van der Waals surface area contributed by atoms with Crippen molar-refractivity contribution in [3.63, 3.8) is 0 Å². The first-order chi connectivity index (χ1) is 12.5. The number of ether oxygens (including phenoxy) is 3. The Bertz CT molecular complexity index is 866. The molecule has 0 spiro atoms. The molecule has 0 bridgehead atoms. The number of benzene rings is 2. The fraction of sp³-hybridized carbons (Fsp3) is 0.167. The van der Waals surface area contributed by atoms with Gasteiger partial charge < -0.3 is 19.5 Å². The van der Waals surface area contributed by atoms with Gasteiger partial charge in [-0.15, -0.1) is 0 Å². The van der Waals surface area contributed by atoms with Gasteiger partial charge in [0.2, 0.25) is 11.7 Å². The van der Waals surface area contributed by atoms with Crippen LogP contribution in [-0.4, -0.2) is 26.2 Å². The highest BCUT2D eigenvalue weighted by Crippen LogP contribution is 2.40. The lowest BCUT2D eigenvalue weighted by Crippen LogP contribution is -2.16. The lowest BCUT2D eigenvalue weighted by atomic mass is 10.1. The van der Waals surface area contributed by atoms with Crippen molar-refractivity contribution < 1.29 is 32.2 Å². The summed E-state index contributed by atoms with van der Waals surface area (Å²) in [6, 6.07) is 4.95. The Hall–Kier alpha value is -3.16. The average Bonchev–Trinajstić information content (AvgIpc) is 2.66. The molecule has 8 heteroatoms. The van der Waals surface area contributed by atoms with E-state index in [1.54, 1.807) is 12.1 Å². The number of carbonyl (C=O) groups is 1. The first kappa shape index (κ1) is 17.7. The number of hydrogen-bond donors (Lipinski definition) is 1. The van der Waals surface area contributed by atoms with Crippen LogP contribution in [0.3, 0.4) is 0 Å². The fourth-order valence-electron chi connectivity index (χ4n) is 2.36. The summed E-state index contributed by atoms with van der Waals surface area (Å²) < 4.78 is 55.8. The monoisotopic (exact) mass is 365 g/mol. The predicted molar refractivity (Wildman–Crippen MR) is 88.0 cm³/mol. The van der Waals surface area contributed by atoms with Crippen LogP contribution in [0.2, 0.25) is 0 Å². The molecule has 1 heterocycles. The number of hydrogen-bond acceptors (Lipinski definition) is 4. The number of anilines is 1. The zero-order valence-corrected chi connectivity index (χ0v) is 13.6. The molecule has 26 heavy (non-hydrogen) atoms. The minimum absolute atomic E-state index is 0.388. The van der Waals surface area contributed by atoms with Crippen molar-refractivity contribution >= 4 is 17.7 Å². The van der Waals surface area contributed by atoms with E-state index in [2.05, 4.69) is 5.32 Å². The van der Waals surface area contributed by atoms with Crippen molar-refractivity contribution in [3.8, 4) is 17.2 Å². The Labute approximate surface area is 147 Å². The van der Waals surface area contributed by atoms with Gasteiger partial charge in [0.25, 0.3) is 0 Å². The van der Waals surface area contributed by atoms with E-state index in [1.807, 2.05) is 0 Å². The quantitative estimate of drug-likeness (QED) is 0.665. The predicted octanol–water partition coefficient (Wildman–Crippen LogP) is 3.54. The van der Waals surface area contributed by atoms with Crippen molar-refractivity contribution in [2.24, 2.45) is 0 Å². The normalized spacial score (nSPS) is 12.9. The Balaban J connectivity index is 1.77. The number of amides is 1. The van der Waals surface area contributed by atoms with E-state index < -0.39 is 29.0 Å². The molecule has 1 aliphatic rings. The summed E-state index contributed by atoms with van der Waals surface area (Å²) in [6.07, 6.45) is 2.55. The molecule has 2 aromatic carbocycles. The van der Waals surface area contributed by atoms with Gasteiger partial charge in [0.05, 0.1) is 12.8 Å². The molecule has 2 aromatic rings. The molecule has 0 radical (unpaired) electrons. The molecular formula is C18H14F3NO4. The summed E-state index contributed by atoms with van der Waals surface area (Å²) in [5.74, 6) is -3.78. The van der Waals surface area contributed by atoms with Crippen molar-refractivity contribution in [1.82, 2.24) is 0 Å². The van der Waals surface area contributed by atoms with Crippen LogP contribution in [-0.2, 0) is 4.79 Å². The lowest BCUT2D eigenvalue weighted by Gasteiger charge is -2.20. The van der Waals surface area contributed by atoms with Crippen LogP contribution in [0.4, 0.5) is 18.9 Å². The fourth-order valence-corrected chi connectivity index (χ4v) is 2.36. The molecule has 5 nitrogen and oxygen atoms in total. The largest absolute Gasteiger partial charge is 0.493 e. The van der Waals surface area contributed by atoms with Gasteiger partial charge in [0.1, 0.15) is 13.2 Å². The van der Waals surface area contributed by atoms with Crippen LogP contribution < -0.4 is 19.5 Å². The second-order valence-electron chi connectivity index (χ2n) is 5.29. The maximum atomic E-state index is 13.6. The second kappa shape index (κ2) is 7.38. The smallest absolute Gasteiger partial charge is 0.248 e. The average molecular weight is 365 g/mol. The standard InChI is InChI=1S/C18H14F3NO4/c1-24-13-8-10(9-14-18(13)26-7-6-25-14)2-5-15(23)22-12-4-3-11(19)16(20)17(12)21/h2-5,8-9H,6-7H2,1H3,(H,22,23)/b5-2+. The van der Waals surface area contributed by atoms with Crippen molar-refractivity contribution in [3.05, 3.63) is 53.4 Å². The van der Waals surface area contributed by atoms with E-state index in [9.17, 15) is 18.0 Å². The summed E-state index contributed by atoms with van der Waals surface area (Å²) in [4.78, 5) is 11.9. The molecular weight excluding hydrogens is 351 g/mol. The van der Waals surface area contributed by atoms with Gasteiger partial charge in [-0.2, -0.15) is 0 Å². The SMILES string of the molecule is COc1cc(/C=C/C(=O)Nc2ccc(F)c(F)c2F)cc2c1OCCO2. The molecule has 1 N–H and O–H groups in total. The van der Waals surface area contributed by atoms with E-state index in [1.165, 1.54) is 13.2 Å². The summed E-state index contributed by atoms with van der Waals surface area (Å²) in [7, 11) is 1.47. The van der Waals surface area contributed by atoms with Crippen LogP contribution in [0.25, 0.3) is 6.08 Å². The summed E-state index contributed by atoms with van der Waals surface area (Å²) in [6.45, 7) is 0.792. The minimum atomic E-state index is -1.65. The van der Waals surface area contributed by atoms with Gasteiger partial charge in [-0.1, -0.05) is 0 Å². The molecule has 0 aromatic heterocycles. The maximum absolute atomic E-state index is 13.6. The number of carbonyl (C=O) groups excluding carboxylic acids is 1. The maximum Gasteiger partial charge on any atom is 0.248 e. The van der Waals surface area contributed by atoms with Crippen LogP contribution in [0.15, 0.2) is 30.3 Å². The second-order valence-corrected chi connectivity index (χ2v) is 5.29. The molecule has 1 aliphatic heterocycles. The zero-order chi connectivity index (χ0) is 18.7. The highest BCUT2D eigenvalue weighted by atomic mass is 19.2. The molecule has 0 fully saturated rings. The number of methoxy groups -OCH3 is 1. The molecule has 0 saturated heterocycles. The summed E-state index contributed by atoms with van der Waals surface area (Å²) in [5, 5.41) is 2.14. The highest BCUT2D eigenvalue weighted by Gasteiger charge is 2.18. The van der Waals surface area contributed by atoms with Crippen molar-refractivity contribution in [2.75, 3.05) is 25.6 Å². The minimum Gasteiger partial charge on any atom is -0.493 e. The number of halogens is 3. The van der Waals surface area contributed by atoms with Gasteiger partial charge in [0, 0.05) is 6.08 Å². The first-order valence-electron chi connectivity index (χ1n) is 7.60. The molecule has 136 valence electrons. The van der Waals surface area contributed by atoms with E-state index in [-0.39, 0.29) is 0 Å². The Morgan fingerprint density at radius 1 is 1.15 bits per heavy atom. The summed E-state index contributed by atoms with van der Waals surface area (Å²) >= 11 is 0. The first-order valence-corrected chi connectivity index (χ1v) is 7.60. The van der Waals surface area contributed by atoms with E-state index >= 15 is 0 Å². The van der Waals surface area contributed by atoms with Gasteiger partial charge in [-0.3, -0.25) is 4.79 Å². The van der Waals surface area contributed by atoms with E-state index in [0.717, 1.165) is 18.2 Å². The molecule has 0 saturated carbocycles. The zero-order valence-electron chi connectivity index (χ0n) is 13.6. The summed E-state index contributed by atoms with van der Waals surface area (Å²) in [5.41, 5.74) is 0.116. The third-order valence-corrected chi connectivity index (χ3v) is 3.57. The molecule has 3 rings (SSSR count). The molecule has 0 unspecified atom stereocenters. The molecule has 0 atom stereocenters. The van der Waals surface area contributed by atoms with Crippen LogP contribution >= 0.6 is 0 Å². The van der Waals surface area contributed by atoms with E-state index in [0.29, 0.717) is 36.0 Å². The third-order valence-electron chi connectivity index (χ3n) is 3.57. The van der Waals surface area contributed by atoms with Gasteiger partial charge in [0.15, 0.2) is 29.0 Å². The topological polar surface area (TPSA) is 56.8 Å². The van der Waals surface area contributed by atoms with Crippen LogP contribution in [0.5, 0.6) is 17.2 Å². The third kappa shape index (κ3) is 3.58. The highest BCUT2D eigenvalue weighted by molar-refractivity contribution is 6.02. The Morgan fingerprint density at radius 3 is 2.69 bits per heavy atom. The van der Waals surface area contributed by atoms with Gasteiger partial charge in [-0.25, -0.2) is 13.2 Å². The Morgan fingerprint density at radius 2 is 1.92 bits per heavy atom. The van der Waals surface area contributed by atoms with Gasteiger partial charge >= 0.3 is 0 Å². The number of fused-ring (bicyclic) bond motifs is 1. The lowest BCUT2D eigenvalue weighted by molar-refractivity contribution is -0.111. The number of rotatable bonds is 4. The van der Waals surface area contributed by atoms with E-state index in [4.69, 9.17) is 14.2 Å². The van der Waals surface area contributed by atoms with Gasteiger partial charge in [-0.05, 0) is 35.9 Å².